The summed E-state index contributed by atoms with van der Waals surface area (Å²) in [5.41, 5.74) is 5.18. The SMILES string of the molecule is CCc1ccc(CC(CSc2cccc(Cl)c2)NN)nc1. The number of nitrogens with two attached hydrogens (primary N) is 1. The standard InChI is InChI=1S/C16H20ClN3S/c1-2-12-6-7-14(19-10-12)9-15(20-18)11-21-16-5-3-4-13(17)8-16/h3-8,10,15,20H,2,9,11,18H2,1H3. The number of nitrogens with one attached hydrogen (secondary N) is 1. The third-order valence-electron chi connectivity index (χ3n) is 3.23. The zero-order valence-electron chi connectivity index (χ0n) is 12.1. The molecule has 0 fully saturated rings. The average Bonchev–Trinajstić information content (AvgIpc) is 2.52. The van der Waals surface area contributed by atoms with Crippen LogP contribution >= 0.6 is 23.4 Å². The fourth-order valence-electron chi connectivity index (χ4n) is 1.96. The van der Waals surface area contributed by atoms with Crippen molar-refractivity contribution >= 4 is 23.4 Å². The van der Waals surface area contributed by atoms with Gasteiger partial charge in [0.25, 0.3) is 0 Å². The summed E-state index contributed by atoms with van der Waals surface area (Å²) in [6, 6.07) is 12.2. The van der Waals surface area contributed by atoms with E-state index in [1.807, 2.05) is 24.4 Å². The lowest BCUT2D eigenvalue weighted by Crippen LogP contribution is -2.38. The lowest BCUT2D eigenvalue weighted by molar-refractivity contribution is 0.569. The Morgan fingerprint density at radius 1 is 1.33 bits per heavy atom. The molecular weight excluding hydrogens is 302 g/mol. The zero-order valence-corrected chi connectivity index (χ0v) is 13.6. The predicted molar refractivity (Wildman–Crippen MR) is 90.6 cm³/mol. The van der Waals surface area contributed by atoms with Crippen LogP contribution in [-0.2, 0) is 12.8 Å². The molecule has 0 aliphatic rings. The minimum absolute atomic E-state index is 0.175. The van der Waals surface area contributed by atoms with Crippen LogP contribution in [0.1, 0.15) is 18.2 Å². The van der Waals surface area contributed by atoms with E-state index < -0.39 is 0 Å². The molecule has 5 heteroatoms. The van der Waals surface area contributed by atoms with E-state index in [9.17, 15) is 0 Å². The number of hydrogen-bond acceptors (Lipinski definition) is 4. The topological polar surface area (TPSA) is 50.9 Å². The molecule has 0 saturated carbocycles. The van der Waals surface area contributed by atoms with Crippen LogP contribution in [0.4, 0.5) is 0 Å². The largest absolute Gasteiger partial charge is 0.271 e. The molecular formula is C16H20ClN3S. The van der Waals surface area contributed by atoms with E-state index in [-0.39, 0.29) is 6.04 Å². The van der Waals surface area contributed by atoms with Crippen molar-refractivity contribution in [2.75, 3.05) is 5.75 Å². The molecule has 0 saturated heterocycles. The Morgan fingerprint density at radius 2 is 2.19 bits per heavy atom. The summed E-state index contributed by atoms with van der Waals surface area (Å²) in [4.78, 5) is 5.63. The van der Waals surface area contributed by atoms with Gasteiger partial charge in [-0.05, 0) is 36.2 Å². The maximum Gasteiger partial charge on any atom is 0.0420 e. The van der Waals surface area contributed by atoms with E-state index in [4.69, 9.17) is 17.4 Å². The summed E-state index contributed by atoms with van der Waals surface area (Å²) in [5, 5.41) is 0.758. The van der Waals surface area contributed by atoms with E-state index in [0.717, 1.165) is 34.2 Å². The Bertz CT molecular complexity index is 560. The number of rotatable bonds is 7. The molecule has 1 heterocycles. The Balaban J connectivity index is 1.90. The maximum atomic E-state index is 5.99. The van der Waals surface area contributed by atoms with Crippen LogP contribution in [0.25, 0.3) is 0 Å². The lowest BCUT2D eigenvalue weighted by atomic mass is 10.1. The van der Waals surface area contributed by atoms with Crippen molar-refractivity contribution in [3.8, 4) is 0 Å². The first kappa shape index (κ1) is 16.3. The highest BCUT2D eigenvalue weighted by Crippen LogP contribution is 2.22. The normalized spacial score (nSPS) is 12.3. The van der Waals surface area contributed by atoms with Gasteiger partial charge in [-0.25, -0.2) is 0 Å². The number of aryl methyl sites for hydroxylation is 1. The second kappa shape index (κ2) is 8.39. The summed E-state index contributed by atoms with van der Waals surface area (Å²) < 4.78 is 0. The minimum atomic E-state index is 0.175. The van der Waals surface area contributed by atoms with Crippen LogP contribution in [0.5, 0.6) is 0 Å². The molecule has 0 amide bonds. The summed E-state index contributed by atoms with van der Waals surface area (Å²) in [6.07, 6.45) is 3.76. The van der Waals surface area contributed by atoms with Crippen molar-refractivity contribution in [2.45, 2.75) is 30.7 Å². The van der Waals surface area contributed by atoms with Gasteiger partial charge in [0.05, 0.1) is 0 Å². The first-order valence-electron chi connectivity index (χ1n) is 6.99. The van der Waals surface area contributed by atoms with Crippen LogP contribution in [0.2, 0.25) is 5.02 Å². The predicted octanol–water partition coefficient (Wildman–Crippen LogP) is 3.46. The first-order chi connectivity index (χ1) is 10.2. The van der Waals surface area contributed by atoms with Gasteiger partial charge < -0.3 is 0 Å². The number of halogens is 1. The Morgan fingerprint density at radius 3 is 2.81 bits per heavy atom. The molecule has 3 N–H and O–H groups in total. The average molecular weight is 322 g/mol. The molecule has 0 aliphatic heterocycles. The molecule has 2 rings (SSSR count). The van der Waals surface area contributed by atoms with Gasteiger partial charge >= 0.3 is 0 Å². The first-order valence-corrected chi connectivity index (χ1v) is 8.36. The Kier molecular flexibility index (Phi) is 6.51. The van der Waals surface area contributed by atoms with Gasteiger partial charge in [-0.1, -0.05) is 30.7 Å². The summed E-state index contributed by atoms with van der Waals surface area (Å²) >= 11 is 7.73. The van der Waals surface area contributed by atoms with Crippen LogP contribution in [-0.4, -0.2) is 16.8 Å². The lowest BCUT2D eigenvalue weighted by Gasteiger charge is -2.15. The fraction of sp³-hybridized carbons (Fsp3) is 0.312. The van der Waals surface area contributed by atoms with E-state index >= 15 is 0 Å². The summed E-state index contributed by atoms with van der Waals surface area (Å²) in [6.45, 7) is 2.13. The number of thioether (sulfide) groups is 1. The maximum absolute atomic E-state index is 5.99. The number of benzene rings is 1. The zero-order chi connectivity index (χ0) is 15.1. The molecule has 1 aromatic carbocycles. The molecule has 112 valence electrons. The highest BCUT2D eigenvalue weighted by atomic mass is 35.5. The molecule has 3 nitrogen and oxygen atoms in total. The number of nitrogens with zero attached hydrogens (tertiary/aromatic N) is 1. The molecule has 0 radical (unpaired) electrons. The molecule has 0 bridgehead atoms. The molecule has 2 aromatic rings. The fourth-order valence-corrected chi connectivity index (χ4v) is 3.20. The Hall–Kier alpha value is -1.07. The molecule has 1 unspecified atom stereocenters. The van der Waals surface area contributed by atoms with Crippen molar-refractivity contribution < 1.29 is 0 Å². The number of hydrazine groups is 1. The van der Waals surface area contributed by atoms with Gasteiger partial charge in [0.15, 0.2) is 0 Å². The van der Waals surface area contributed by atoms with E-state index in [1.165, 1.54) is 5.56 Å². The second-order valence-corrected chi connectivity index (χ2v) is 6.38. The summed E-state index contributed by atoms with van der Waals surface area (Å²) in [5.74, 6) is 6.52. The smallest absolute Gasteiger partial charge is 0.0420 e. The van der Waals surface area contributed by atoms with Gasteiger partial charge in [-0.15, -0.1) is 11.8 Å². The van der Waals surface area contributed by atoms with Gasteiger partial charge in [-0.3, -0.25) is 16.3 Å². The van der Waals surface area contributed by atoms with Gasteiger partial charge in [0, 0.05) is 40.0 Å². The van der Waals surface area contributed by atoms with E-state index in [0.29, 0.717) is 0 Å². The molecule has 21 heavy (non-hydrogen) atoms. The number of hydrogen-bond donors (Lipinski definition) is 2. The third-order valence-corrected chi connectivity index (χ3v) is 4.62. The minimum Gasteiger partial charge on any atom is -0.271 e. The molecule has 1 atom stereocenters. The van der Waals surface area contributed by atoms with Crippen molar-refractivity contribution in [2.24, 2.45) is 5.84 Å². The number of aromatic nitrogens is 1. The van der Waals surface area contributed by atoms with Gasteiger partial charge in [0.2, 0.25) is 0 Å². The monoisotopic (exact) mass is 321 g/mol. The van der Waals surface area contributed by atoms with Gasteiger partial charge in [0.1, 0.15) is 0 Å². The molecule has 0 spiro atoms. The quantitative estimate of drug-likeness (QED) is 0.466. The third kappa shape index (κ3) is 5.32. The molecule has 0 aliphatic carbocycles. The van der Waals surface area contributed by atoms with Crippen LogP contribution in [0.15, 0.2) is 47.5 Å². The van der Waals surface area contributed by atoms with Crippen LogP contribution in [0, 0.1) is 0 Å². The van der Waals surface area contributed by atoms with Crippen LogP contribution in [0.3, 0.4) is 0 Å². The highest BCUT2D eigenvalue weighted by molar-refractivity contribution is 7.99. The molecule has 1 aromatic heterocycles. The second-order valence-electron chi connectivity index (χ2n) is 4.85. The Labute approximate surface area is 135 Å². The van der Waals surface area contributed by atoms with Crippen LogP contribution < -0.4 is 11.3 Å². The summed E-state index contributed by atoms with van der Waals surface area (Å²) in [7, 11) is 0. The number of pyridine rings is 1. The van der Waals surface area contributed by atoms with Gasteiger partial charge in [-0.2, -0.15) is 0 Å². The van der Waals surface area contributed by atoms with Crippen molar-refractivity contribution in [1.29, 1.82) is 0 Å². The van der Waals surface area contributed by atoms with Crippen molar-refractivity contribution in [3.05, 3.63) is 58.9 Å². The highest BCUT2D eigenvalue weighted by Gasteiger charge is 2.09. The van der Waals surface area contributed by atoms with E-state index in [1.54, 1.807) is 11.8 Å². The van der Waals surface area contributed by atoms with Crippen molar-refractivity contribution in [3.63, 3.8) is 0 Å². The van der Waals surface area contributed by atoms with E-state index in [2.05, 4.69) is 35.5 Å². The van der Waals surface area contributed by atoms with Crippen molar-refractivity contribution in [1.82, 2.24) is 10.4 Å².